The van der Waals surface area contributed by atoms with Gasteiger partial charge >= 0.3 is 0 Å². The minimum absolute atomic E-state index is 0.00976. The summed E-state index contributed by atoms with van der Waals surface area (Å²) in [5.74, 6) is -0.0794. The lowest BCUT2D eigenvalue weighted by atomic mass is 10.1. The van der Waals surface area contributed by atoms with Crippen LogP contribution in [0.1, 0.15) is 11.1 Å². The summed E-state index contributed by atoms with van der Waals surface area (Å²) < 4.78 is 0. The van der Waals surface area contributed by atoms with E-state index in [1.54, 1.807) is 6.07 Å². The van der Waals surface area contributed by atoms with E-state index in [-0.39, 0.29) is 11.8 Å². The largest absolute Gasteiger partial charge is 0.378 e. The highest BCUT2D eigenvalue weighted by atomic mass is 16.2. The van der Waals surface area contributed by atoms with Crippen LogP contribution in [0.5, 0.6) is 0 Å². The first-order chi connectivity index (χ1) is 11.0. The molecule has 0 fully saturated rings. The Kier molecular flexibility index (Phi) is 4.02. The molecule has 2 aromatic carbocycles. The van der Waals surface area contributed by atoms with Crippen LogP contribution in [0.15, 0.2) is 42.5 Å². The highest BCUT2D eigenvalue weighted by molar-refractivity contribution is 6.00. The summed E-state index contributed by atoms with van der Waals surface area (Å²) in [7, 11) is 3.96. The molecule has 5 nitrogen and oxygen atoms in total. The molecule has 3 rings (SSSR count). The van der Waals surface area contributed by atoms with Crippen LogP contribution in [-0.4, -0.2) is 25.9 Å². The summed E-state index contributed by atoms with van der Waals surface area (Å²) >= 11 is 0. The third-order valence-electron chi connectivity index (χ3n) is 3.83. The van der Waals surface area contributed by atoms with Crippen molar-refractivity contribution in [3.63, 3.8) is 0 Å². The van der Waals surface area contributed by atoms with Crippen LogP contribution in [0, 0.1) is 0 Å². The fourth-order valence-electron chi connectivity index (χ4n) is 2.61. The molecule has 0 saturated heterocycles. The second-order valence-electron chi connectivity index (χ2n) is 5.88. The summed E-state index contributed by atoms with van der Waals surface area (Å²) in [5, 5.41) is 5.66. The summed E-state index contributed by atoms with van der Waals surface area (Å²) in [6.07, 6.45) is 0.688. The topological polar surface area (TPSA) is 61.4 Å². The molecule has 0 radical (unpaired) electrons. The molecule has 0 saturated carbocycles. The van der Waals surface area contributed by atoms with E-state index < -0.39 is 0 Å². The van der Waals surface area contributed by atoms with Crippen molar-refractivity contribution in [2.45, 2.75) is 12.8 Å². The predicted molar refractivity (Wildman–Crippen MR) is 91.9 cm³/mol. The average molecular weight is 309 g/mol. The van der Waals surface area contributed by atoms with Crippen molar-refractivity contribution < 1.29 is 9.59 Å². The van der Waals surface area contributed by atoms with E-state index in [0.717, 1.165) is 28.2 Å². The lowest BCUT2D eigenvalue weighted by Crippen LogP contribution is -2.14. The highest BCUT2D eigenvalue weighted by Crippen LogP contribution is 2.26. The predicted octanol–water partition coefficient (Wildman–Crippen LogP) is 2.43. The smallest absolute Gasteiger partial charge is 0.228 e. The van der Waals surface area contributed by atoms with Crippen molar-refractivity contribution in [3.05, 3.63) is 53.6 Å². The van der Waals surface area contributed by atoms with Crippen LogP contribution in [0.2, 0.25) is 0 Å². The molecule has 2 N–H and O–H groups in total. The number of anilines is 3. The van der Waals surface area contributed by atoms with Gasteiger partial charge in [-0.3, -0.25) is 9.59 Å². The molecule has 23 heavy (non-hydrogen) atoms. The highest BCUT2D eigenvalue weighted by Gasteiger charge is 2.17. The Hall–Kier alpha value is -2.82. The van der Waals surface area contributed by atoms with E-state index in [4.69, 9.17) is 0 Å². The van der Waals surface area contributed by atoms with Crippen LogP contribution < -0.4 is 15.5 Å². The van der Waals surface area contributed by atoms with E-state index in [1.807, 2.05) is 55.4 Å². The Balaban J connectivity index is 1.63. The molecular weight excluding hydrogens is 290 g/mol. The van der Waals surface area contributed by atoms with Crippen molar-refractivity contribution in [2.75, 3.05) is 29.6 Å². The first kappa shape index (κ1) is 15.1. The molecule has 5 heteroatoms. The summed E-state index contributed by atoms with van der Waals surface area (Å²) in [4.78, 5) is 25.5. The van der Waals surface area contributed by atoms with Crippen molar-refractivity contribution in [1.82, 2.24) is 0 Å². The van der Waals surface area contributed by atoms with Gasteiger partial charge in [0.25, 0.3) is 0 Å². The van der Waals surface area contributed by atoms with Gasteiger partial charge in [0.1, 0.15) is 0 Å². The molecule has 1 heterocycles. The molecule has 118 valence electrons. The van der Waals surface area contributed by atoms with Gasteiger partial charge in [-0.05, 0) is 41.5 Å². The molecule has 2 aromatic rings. The van der Waals surface area contributed by atoms with Gasteiger partial charge < -0.3 is 15.5 Å². The van der Waals surface area contributed by atoms with Gasteiger partial charge in [-0.2, -0.15) is 0 Å². The van der Waals surface area contributed by atoms with Gasteiger partial charge in [0.2, 0.25) is 11.8 Å². The number of amides is 2. The van der Waals surface area contributed by atoms with Crippen LogP contribution in [0.25, 0.3) is 0 Å². The van der Waals surface area contributed by atoms with Crippen LogP contribution in [-0.2, 0) is 22.4 Å². The first-order valence-corrected chi connectivity index (χ1v) is 7.50. The molecule has 1 aliphatic rings. The Bertz CT molecular complexity index is 751. The fraction of sp³-hybridized carbons (Fsp3) is 0.222. The molecule has 2 amide bonds. The zero-order chi connectivity index (χ0) is 16.4. The minimum atomic E-state index is -0.0696. The average Bonchev–Trinajstić information content (AvgIpc) is 2.87. The maximum atomic E-state index is 12.2. The summed E-state index contributed by atoms with van der Waals surface area (Å²) in [5.41, 5.74) is 4.53. The van der Waals surface area contributed by atoms with Crippen LogP contribution in [0.4, 0.5) is 17.1 Å². The fourth-order valence-corrected chi connectivity index (χ4v) is 2.61. The zero-order valence-corrected chi connectivity index (χ0v) is 13.2. The van der Waals surface area contributed by atoms with E-state index in [1.165, 1.54) is 0 Å². The number of carbonyl (C=O) groups is 2. The van der Waals surface area contributed by atoms with Gasteiger partial charge in [0, 0.05) is 31.2 Å². The number of hydrogen-bond acceptors (Lipinski definition) is 3. The van der Waals surface area contributed by atoms with Gasteiger partial charge in [0.15, 0.2) is 0 Å². The maximum absolute atomic E-state index is 12.2. The van der Waals surface area contributed by atoms with Gasteiger partial charge in [-0.25, -0.2) is 0 Å². The van der Waals surface area contributed by atoms with E-state index in [2.05, 4.69) is 10.6 Å². The number of nitrogens with zero attached hydrogens (tertiary/aromatic N) is 1. The van der Waals surface area contributed by atoms with E-state index >= 15 is 0 Å². The maximum Gasteiger partial charge on any atom is 0.228 e. The van der Waals surface area contributed by atoms with E-state index in [0.29, 0.717) is 12.8 Å². The van der Waals surface area contributed by atoms with Gasteiger partial charge in [-0.15, -0.1) is 0 Å². The van der Waals surface area contributed by atoms with Crippen LogP contribution in [0.3, 0.4) is 0 Å². The normalized spacial score (nSPS) is 12.5. The number of rotatable bonds is 4. The third-order valence-corrected chi connectivity index (χ3v) is 3.83. The second-order valence-corrected chi connectivity index (χ2v) is 5.88. The third kappa shape index (κ3) is 3.51. The van der Waals surface area contributed by atoms with Crippen molar-refractivity contribution in [2.24, 2.45) is 0 Å². The van der Waals surface area contributed by atoms with Crippen molar-refractivity contribution in [3.8, 4) is 0 Å². The number of benzene rings is 2. The summed E-state index contributed by atoms with van der Waals surface area (Å²) in [6.45, 7) is 0. The molecule has 0 atom stereocenters. The first-order valence-electron chi connectivity index (χ1n) is 7.50. The molecule has 0 aromatic heterocycles. The lowest BCUT2D eigenvalue weighted by Gasteiger charge is -2.12. The van der Waals surface area contributed by atoms with Crippen LogP contribution >= 0.6 is 0 Å². The van der Waals surface area contributed by atoms with Gasteiger partial charge in [-0.1, -0.05) is 12.1 Å². The SMILES string of the molecule is CN(C)c1ccc(CC(=O)Nc2ccc3c(c2)CC(=O)N3)cc1. The number of nitrogens with one attached hydrogen (secondary N) is 2. The number of fused-ring (bicyclic) bond motifs is 1. The molecule has 0 unspecified atom stereocenters. The van der Waals surface area contributed by atoms with E-state index in [9.17, 15) is 9.59 Å². The molecule has 0 bridgehead atoms. The lowest BCUT2D eigenvalue weighted by molar-refractivity contribution is -0.116. The van der Waals surface area contributed by atoms with Gasteiger partial charge in [0.05, 0.1) is 12.8 Å². The minimum Gasteiger partial charge on any atom is -0.378 e. The molecule has 0 spiro atoms. The monoisotopic (exact) mass is 309 g/mol. The Morgan fingerprint density at radius 2 is 1.91 bits per heavy atom. The standard InChI is InChI=1S/C18H19N3O2/c1-21(2)15-6-3-12(4-7-15)9-17(22)19-14-5-8-16-13(10-14)11-18(23)20-16/h3-8,10H,9,11H2,1-2H3,(H,19,22)(H,20,23). The second kappa shape index (κ2) is 6.12. The molecule has 1 aliphatic heterocycles. The van der Waals surface area contributed by atoms with Crippen molar-refractivity contribution in [1.29, 1.82) is 0 Å². The number of hydrogen-bond donors (Lipinski definition) is 2. The quantitative estimate of drug-likeness (QED) is 0.912. The molecule has 0 aliphatic carbocycles. The number of carbonyl (C=O) groups excluding carboxylic acids is 2. The Morgan fingerprint density at radius 1 is 1.17 bits per heavy atom. The Morgan fingerprint density at radius 3 is 2.61 bits per heavy atom. The molecular formula is C18H19N3O2. The summed E-state index contributed by atoms with van der Waals surface area (Å²) in [6, 6.07) is 13.4. The van der Waals surface area contributed by atoms with Crippen molar-refractivity contribution >= 4 is 28.9 Å². The zero-order valence-electron chi connectivity index (χ0n) is 13.2. The Labute approximate surface area is 135 Å².